The van der Waals surface area contributed by atoms with Gasteiger partial charge in [-0.15, -0.1) is 0 Å². The number of amides is 2. The fraction of sp³-hybridized carbons (Fsp3) is 0.357. The van der Waals surface area contributed by atoms with Crippen molar-refractivity contribution < 1.29 is 9.59 Å². The number of pyridine rings is 2. The number of nitrogens with zero attached hydrogens (tertiary/aromatic N) is 5. The first-order valence-corrected chi connectivity index (χ1v) is 13.8. The van der Waals surface area contributed by atoms with Crippen molar-refractivity contribution in [1.29, 1.82) is 0 Å². The number of rotatable bonds is 12. The van der Waals surface area contributed by atoms with Crippen LogP contribution in [0.5, 0.6) is 0 Å². The average Bonchev–Trinajstić information content (AvgIpc) is 3.72. The Hall–Kier alpha value is -3.99. The molecule has 10 nitrogen and oxygen atoms in total. The molecule has 0 aromatic carbocycles. The average molecular weight is 547 g/mol. The largest absolute Gasteiger partial charge is 0.370 e. The summed E-state index contributed by atoms with van der Waals surface area (Å²) in [4.78, 5) is 40.2. The third-order valence-electron chi connectivity index (χ3n) is 6.31. The molecule has 0 aliphatic heterocycles. The highest BCUT2D eigenvalue weighted by Gasteiger charge is 2.21. The summed E-state index contributed by atoms with van der Waals surface area (Å²) in [5.74, 6) is 0.700. The first-order chi connectivity index (χ1) is 18.9. The molecule has 39 heavy (non-hydrogen) atoms. The Morgan fingerprint density at radius 2 is 2.05 bits per heavy atom. The monoisotopic (exact) mass is 546 g/mol. The van der Waals surface area contributed by atoms with E-state index in [4.69, 9.17) is 0 Å². The molecule has 0 saturated heterocycles. The quantitative estimate of drug-likeness (QED) is 0.221. The van der Waals surface area contributed by atoms with Crippen LogP contribution in [0.3, 0.4) is 0 Å². The molecule has 1 saturated carbocycles. The van der Waals surface area contributed by atoms with E-state index in [9.17, 15) is 9.59 Å². The second kappa shape index (κ2) is 13.2. The number of aliphatic imine (C=N–C) groups is 1. The Morgan fingerprint density at radius 3 is 2.79 bits per heavy atom. The lowest BCUT2D eigenvalue weighted by Gasteiger charge is -2.11. The minimum absolute atomic E-state index is 0.130. The van der Waals surface area contributed by atoms with Crippen molar-refractivity contribution in [2.45, 2.75) is 33.1 Å². The molecular formula is C28H34N8O2S. The van der Waals surface area contributed by atoms with Crippen molar-refractivity contribution in [2.75, 3.05) is 30.8 Å². The van der Waals surface area contributed by atoms with Gasteiger partial charge in [0.15, 0.2) is 5.69 Å². The summed E-state index contributed by atoms with van der Waals surface area (Å²) in [5, 5.41) is 13.4. The summed E-state index contributed by atoms with van der Waals surface area (Å²) in [6, 6.07) is 9.07. The number of aryl methyl sites for hydroxylation is 1. The highest BCUT2D eigenvalue weighted by atomic mass is 32.2. The molecule has 2 amide bonds. The Kier molecular flexibility index (Phi) is 9.48. The van der Waals surface area contributed by atoms with Crippen LogP contribution in [0.4, 0.5) is 11.5 Å². The van der Waals surface area contributed by atoms with Crippen LogP contribution in [0.1, 0.15) is 54.1 Å². The summed E-state index contributed by atoms with van der Waals surface area (Å²) in [5.41, 5.74) is 5.09. The fourth-order valence-electron chi connectivity index (χ4n) is 3.76. The van der Waals surface area contributed by atoms with Crippen molar-refractivity contribution in [1.82, 2.24) is 25.1 Å². The smallest absolute Gasteiger partial charge is 0.274 e. The topological polar surface area (TPSA) is 126 Å². The van der Waals surface area contributed by atoms with Gasteiger partial charge in [-0.1, -0.05) is 30.3 Å². The predicted molar refractivity (Wildman–Crippen MR) is 157 cm³/mol. The zero-order valence-corrected chi connectivity index (χ0v) is 23.5. The van der Waals surface area contributed by atoms with Crippen molar-refractivity contribution in [2.24, 2.45) is 18.0 Å². The van der Waals surface area contributed by atoms with E-state index in [-0.39, 0.29) is 17.3 Å². The Labute approximate surface area is 232 Å². The summed E-state index contributed by atoms with van der Waals surface area (Å²) < 4.78 is 1.49. The van der Waals surface area contributed by atoms with Gasteiger partial charge in [0.1, 0.15) is 11.5 Å². The van der Waals surface area contributed by atoms with Gasteiger partial charge in [-0.2, -0.15) is 5.10 Å². The van der Waals surface area contributed by atoms with Crippen LogP contribution < -0.4 is 16.0 Å². The molecular weight excluding hydrogens is 512 g/mol. The van der Waals surface area contributed by atoms with Gasteiger partial charge in [-0.25, -0.2) is 9.97 Å². The Balaban J connectivity index is 1.46. The van der Waals surface area contributed by atoms with Crippen molar-refractivity contribution in [3.05, 3.63) is 64.6 Å². The van der Waals surface area contributed by atoms with Crippen molar-refractivity contribution >= 4 is 40.6 Å². The van der Waals surface area contributed by atoms with Crippen LogP contribution in [0, 0.1) is 5.92 Å². The number of anilines is 2. The predicted octanol–water partition coefficient (Wildman–Crippen LogP) is 4.76. The third kappa shape index (κ3) is 7.76. The number of hydrogen-bond acceptors (Lipinski definition) is 8. The first-order valence-electron chi connectivity index (χ1n) is 12.9. The molecule has 0 bridgehead atoms. The van der Waals surface area contributed by atoms with E-state index in [0.717, 1.165) is 35.2 Å². The molecule has 3 N–H and O–H groups in total. The van der Waals surface area contributed by atoms with Crippen LogP contribution in [0.2, 0.25) is 0 Å². The number of carbonyl (C=O) groups is 2. The molecule has 1 fully saturated rings. The Morgan fingerprint density at radius 1 is 1.23 bits per heavy atom. The zero-order valence-electron chi connectivity index (χ0n) is 22.7. The summed E-state index contributed by atoms with van der Waals surface area (Å²) in [6.45, 7) is 5.35. The SMILES string of the molecule is CC/C(C)=C(/CNC(=O)c1nn(C)cc1NC(=O)c1cccc(-c2ccnc(NCC3CC3)c2)n1)SC=NC. The van der Waals surface area contributed by atoms with Crippen LogP contribution in [-0.2, 0) is 7.05 Å². The second-order valence-electron chi connectivity index (χ2n) is 9.40. The maximum Gasteiger partial charge on any atom is 0.274 e. The molecule has 1 aliphatic carbocycles. The summed E-state index contributed by atoms with van der Waals surface area (Å²) in [7, 11) is 3.41. The number of nitrogens with one attached hydrogen (secondary N) is 3. The van der Waals surface area contributed by atoms with E-state index in [1.54, 1.807) is 44.2 Å². The lowest BCUT2D eigenvalue weighted by atomic mass is 10.1. The van der Waals surface area contributed by atoms with Gasteiger partial charge < -0.3 is 16.0 Å². The van der Waals surface area contributed by atoms with Crippen LogP contribution in [-0.4, -0.2) is 57.2 Å². The maximum atomic E-state index is 13.2. The van der Waals surface area contributed by atoms with Gasteiger partial charge >= 0.3 is 0 Å². The van der Waals surface area contributed by atoms with E-state index in [0.29, 0.717) is 17.9 Å². The normalized spacial score (nSPS) is 13.7. The first kappa shape index (κ1) is 28.0. The fourth-order valence-corrected chi connectivity index (χ4v) is 4.50. The van der Waals surface area contributed by atoms with Gasteiger partial charge in [0.25, 0.3) is 11.8 Å². The molecule has 1 aliphatic rings. The molecule has 4 rings (SSSR count). The highest BCUT2D eigenvalue weighted by molar-refractivity contribution is 8.15. The van der Waals surface area contributed by atoms with E-state index in [2.05, 4.69) is 42.9 Å². The van der Waals surface area contributed by atoms with Crippen LogP contribution in [0.25, 0.3) is 11.3 Å². The number of allylic oxidation sites excluding steroid dienone is 1. The lowest BCUT2D eigenvalue weighted by molar-refractivity contribution is 0.0953. The molecule has 3 heterocycles. The summed E-state index contributed by atoms with van der Waals surface area (Å²) >= 11 is 1.48. The number of thioether (sulfide) groups is 1. The van der Waals surface area contributed by atoms with Crippen molar-refractivity contribution in [3.8, 4) is 11.3 Å². The molecule has 0 spiro atoms. The molecule has 3 aromatic heterocycles. The van der Waals surface area contributed by atoms with Crippen LogP contribution >= 0.6 is 11.8 Å². The standard InChI is InChI=1S/C28H34N8O2S/c1-5-18(2)24(39-17-29-3)15-32-28(38)26-23(16-36(4)35-26)34-27(37)22-8-6-7-21(33-22)20-11-12-30-25(13-20)31-14-19-9-10-19/h6-8,11-13,16-17,19H,5,9-10,14-15H2,1-4H3,(H,30,31)(H,32,38)(H,34,37)/b24-18-,29-17?. The van der Waals surface area contributed by atoms with Gasteiger partial charge in [0.2, 0.25) is 0 Å². The van der Waals surface area contributed by atoms with E-state index in [1.807, 2.05) is 25.1 Å². The van der Waals surface area contributed by atoms with Gasteiger partial charge in [0, 0.05) is 50.0 Å². The third-order valence-corrected chi connectivity index (χ3v) is 7.41. The van der Waals surface area contributed by atoms with E-state index >= 15 is 0 Å². The highest BCUT2D eigenvalue weighted by Crippen LogP contribution is 2.29. The molecule has 11 heteroatoms. The van der Waals surface area contributed by atoms with Crippen molar-refractivity contribution in [3.63, 3.8) is 0 Å². The number of carbonyl (C=O) groups excluding carboxylic acids is 2. The second-order valence-corrected chi connectivity index (χ2v) is 10.3. The van der Waals surface area contributed by atoms with Gasteiger partial charge in [-0.05, 0) is 56.4 Å². The molecule has 0 radical (unpaired) electrons. The number of aromatic nitrogens is 4. The zero-order chi connectivity index (χ0) is 27.8. The van der Waals surface area contributed by atoms with Gasteiger partial charge in [0.05, 0.1) is 16.9 Å². The molecule has 0 atom stereocenters. The maximum absolute atomic E-state index is 13.2. The molecule has 204 valence electrons. The Bertz CT molecular complexity index is 1390. The van der Waals surface area contributed by atoms with E-state index < -0.39 is 5.91 Å². The summed E-state index contributed by atoms with van der Waals surface area (Å²) in [6.07, 6.45) is 6.72. The minimum Gasteiger partial charge on any atom is -0.370 e. The minimum atomic E-state index is -0.433. The molecule has 3 aromatic rings. The molecule has 0 unspecified atom stereocenters. The number of hydrogen-bond donors (Lipinski definition) is 3. The van der Waals surface area contributed by atoms with Gasteiger partial charge in [-0.3, -0.25) is 19.3 Å². The van der Waals surface area contributed by atoms with Crippen LogP contribution in [0.15, 0.2) is 58.2 Å². The van der Waals surface area contributed by atoms with E-state index in [1.165, 1.54) is 34.9 Å². The lowest BCUT2D eigenvalue weighted by Crippen LogP contribution is -2.27.